The molecule has 1 amide bonds. The molecule has 0 spiro atoms. The summed E-state index contributed by atoms with van der Waals surface area (Å²) in [5, 5.41) is 6.13. The monoisotopic (exact) mass is 261 g/mol. The number of benzene rings is 1. The Morgan fingerprint density at radius 1 is 1.26 bits per heavy atom. The van der Waals surface area contributed by atoms with E-state index in [1.165, 1.54) is 12.8 Å². The predicted molar refractivity (Wildman–Crippen MR) is 79.7 cm³/mol. The lowest BCUT2D eigenvalue weighted by molar-refractivity contribution is -0.115. The molecule has 1 aromatic rings. The lowest BCUT2D eigenvalue weighted by atomic mass is 10.2. The molecule has 0 unspecified atom stereocenters. The molecule has 4 heteroatoms. The zero-order valence-electron chi connectivity index (χ0n) is 11.8. The molecule has 2 rings (SSSR count). The Morgan fingerprint density at radius 3 is 2.63 bits per heavy atom. The van der Waals surface area contributed by atoms with Gasteiger partial charge in [0.05, 0.1) is 17.9 Å². The fourth-order valence-corrected chi connectivity index (χ4v) is 2.30. The maximum absolute atomic E-state index is 11.9. The van der Waals surface area contributed by atoms with Gasteiger partial charge in [-0.15, -0.1) is 0 Å². The van der Waals surface area contributed by atoms with E-state index in [0.717, 1.165) is 24.5 Å². The third kappa shape index (κ3) is 3.96. The number of rotatable bonds is 5. The minimum absolute atomic E-state index is 0.0142. The lowest BCUT2D eigenvalue weighted by Crippen LogP contribution is -2.33. The van der Waals surface area contributed by atoms with E-state index in [9.17, 15) is 4.79 Å². The molecule has 19 heavy (non-hydrogen) atoms. The van der Waals surface area contributed by atoms with Crippen LogP contribution in [0.25, 0.3) is 0 Å². The highest BCUT2D eigenvalue weighted by Crippen LogP contribution is 2.28. The van der Waals surface area contributed by atoms with Crippen molar-refractivity contribution in [1.29, 1.82) is 0 Å². The molecule has 4 nitrogen and oxygen atoms in total. The van der Waals surface area contributed by atoms with Crippen molar-refractivity contribution < 1.29 is 4.79 Å². The van der Waals surface area contributed by atoms with Crippen LogP contribution in [0, 0.1) is 0 Å². The summed E-state index contributed by atoms with van der Waals surface area (Å²) < 4.78 is 0. The Balaban J connectivity index is 2.01. The number of para-hydroxylation sites is 2. The van der Waals surface area contributed by atoms with Gasteiger partial charge in [-0.2, -0.15) is 0 Å². The molecule has 1 aliphatic rings. The molecule has 0 aliphatic carbocycles. The lowest BCUT2D eigenvalue weighted by Gasteiger charge is -2.21. The number of carbonyl (C=O) groups is 1. The molecular formula is C15H23N3O. The summed E-state index contributed by atoms with van der Waals surface area (Å²) in [5.74, 6) is 0.0142. The Labute approximate surface area is 115 Å². The molecule has 0 atom stereocenters. The molecule has 2 N–H and O–H groups in total. The summed E-state index contributed by atoms with van der Waals surface area (Å²) in [5.41, 5.74) is 2.05. The van der Waals surface area contributed by atoms with Gasteiger partial charge < -0.3 is 15.5 Å². The largest absolute Gasteiger partial charge is 0.370 e. The second-order valence-corrected chi connectivity index (χ2v) is 5.30. The highest BCUT2D eigenvalue weighted by atomic mass is 16.1. The number of hydrogen-bond donors (Lipinski definition) is 2. The normalized spacial score (nSPS) is 15.0. The molecule has 0 saturated carbocycles. The maximum atomic E-state index is 11.9. The van der Waals surface area contributed by atoms with Crippen LogP contribution in [-0.4, -0.2) is 31.6 Å². The fraction of sp³-hybridized carbons (Fsp3) is 0.533. The van der Waals surface area contributed by atoms with Crippen molar-refractivity contribution in [2.45, 2.75) is 32.7 Å². The van der Waals surface area contributed by atoms with Crippen LogP contribution in [-0.2, 0) is 4.79 Å². The Kier molecular flexibility index (Phi) is 4.80. The average molecular weight is 261 g/mol. The molecule has 1 aromatic carbocycles. The van der Waals surface area contributed by atoms with E-state index in [0.29, 0.717) is 12.6 Å². The van der Waals surface area contributed by atoms with Gasteiger partial charge >= 0.3 is 0 Å². The van der Waals surface area contributed by atoms with Crippen molar-refractivity contribution in [2.24, 2.45) is 0 Å². The van der Waals surface area contributed by atoms with E-state index in [-0.39, 0.29) is 5.91 Å². The van der Waals surface area contributed by atoms with Crippen LogP contribution in [0.4, 0.5) is 11.4 Å². The van der Waals surface area contributed by atoms with E-state index < -0.39 is 0 Å². The van der Waals surface area contributed by atoms with Crippen molar-refractivity contribution in [3.05, 3.63) is 24.3 Å². The molecule has 0 aromatic heterocycles. The Bertz CT molecular complexity index is 425. The summed E-state index contributed by atoms with van der Waals surface area (Å²) in [6.07, 6.45) is 2.47. The van der Waals surface area contributed by atoms with E-state index in [2.05, 4.69) is 21.6 Å². The number of nitrogens with one attached hydrogen (secondary N) is 2. The summed E-state index contributed by atoms with van der Waals surface area (Å²) in [4.78, 5) is 14.2. The zero-order valence-corrected chi connectivity index (χ0v) is 11.8. The molecule has 1 aliphatic heterocycles. The number of carbonyl (C=O) groups excluding carboxylic acids is 1. The second kappa shape index (κ2) is 6.57. The van der Waals surface area contributed by atoms with Crippen LogP contribution in [0.2, 0.25) is 0 Å². The van der Waals surface area contributed by atoms with Crippen LogP contribution >= 0.6 is 0 Å². The van der Waals surface area contributed by atoms with Gasteiger partial charge in [0.1, 0.15) is 0 Å². The van der Waals surface area contributed by atoms with Gasteiger partial charge in [0.2, 0.25) is 5.91 Å². The number of amides is 1. The van der Waals surface area contributed by atoms with E-state index >= 15 is 0 Å². The van der Waals surface area contributed by atoms with Crippen molar-refractivity contribution in [3.8, 4) is 0 Å². The quantitative estimate of drug-likeness (QED) is 0.854. The molecule has 0 bridgehead atoms. The summed E-state index contributed by atoms with van der Waals surface area (Å²) in [6, 6.07) is 8.36. The summed E-state index contributed by atoms with van der Waals surface area (Å²) in [6.45, 7) is 6.58. The van der Waals surface area contributed by atoms with Crippen LogP contribution in [0.5, 0.6) is 0 Å². The van der Waals surface area contributed by atoms with Crippen molar-refractivity contribution in [3.63, 3.8) is 0 Å². The van der Waals surface area contributed by atoms with Crippen molar-refractivity contribution in [1.82, 2.24) is 5.32 Å². The van der Waals surface area contributed by atoms with Gasteiger partial charge in [-0.1, -0.05) is 26.0 Å². The SMILES string of the molecule is CC(C)NCC(=O)Nc1ccccc1N1CCCC1. The predicted octanol–water partition coefficient (Wildman–Crippen LogP) is 2.22. The van der Waals surface area contributed by atoms with Gasteiger partial charge in [0.25, 0.3) is 0 Å². The first-order valence-corrected chi connectivity index (χ1v) is 7.04. The summed E-state index contributed by atoms with van der Waals surface area (Å²) in [7, 11) is 0. The highest BCUT2D eigenvalue weighted by molar-refractivity contribution is 5.95. The van der Waals surface area contributed by atoms with Gasteiger partial charge in [0.15, 0.2) is 0 Å². The maximum Gasteiger partial charge on any atom is 0.238 e. The zero-order chi connectivity index (χ0) is 13.7. The molecule has 0 radical (unpaired) electrons. The van der Waals surface area contributed by atoms with Crippen LogP contribution in [0.1, 0.15) is 26.7 Å². The van der Waals surface area contributed by atoms with E-state index in [1.54, 1.807) is 0 Å². The first kappa shape index (κ1) is 13.9. The topological polar surface area (TPSA) is 44.4 Å². The fourth-order valence-electron chi connectivity index (χ4n) is 2.30. The Hall–Kier alpha value is -1.55. The first-order chi connectivity index (χ1) is 9.16. The first-order valence-electron chi connectivity index (χ1n) is 7.04. The van der Waals surface area contributed by atoms with Gasteiger partial charge in [-0.3, -0.25) is 4.79 Å². The van der Waals surface area contributed by atoms with Gasteiger partial charge in [-0.05, 0) is 25.0 Å². The second-order valence-electron chi connectivity index (χ2n) is 5.30. The number of hydrogen-bond acceptors (Lipinski definition) is 3. The highest BCUT2D eigenvalue weighted by Gasteiger charge is 2.16. The standard InChI is InChI=1S/C15H23N3O/c1-12(2)16-11-15(19)17-13-7-3-4-8-14(13)18-9-5-6-10-18/h3-4,7-8,12,16H,5-6,9-11H2,1-2H3,(H,17,19). The van der Waals surface area contributed by atoms with Gasteiger partial charge in [0, 0.05) is 19.1 Å². The van der Waals surface area contributed by atoms with Crippen LogP contribution < -0.4 is 15.5 Å². The molecule has 1 saturated heterocycles. The van der Waals surface area contributed by atoms with Gasteiger partial charge in [-0.25, -0.2) is 0 Å². The smallest absolute Gasteiger partial charge is 0.238 e. The van der Waals surface area contributed by atoms with Crippen molar-refractivity contribution >= 4 is 17.3 Å². The van der Waals surface area contributed by atoms with Crippen LogP contribution in [0.3, 0.4) is 0 Å². The molecule has 1 fully saturated rings. The Morgan fingerprint density at radius 2 is 1.95 bits per heavy atom. The summed E-state index contributed by atoms with van der Waals surface area (Å²) >= 11 is 0. The molecular weight excluding hydrogens is 238 g/mol. The van der Waals surface area contributed by atoms with E-state index in [1.807, 2.05) is 32.0 Å². The van der Waals surface area contributed by atoms with E-state index in [4.69, 9.17) is 0 Å². The molecule has 1 heterocycles. The number of anilines is 2. The molecule has 104 valence electrons. The third-order valence-corrected chi connectivity index (χ3v) is 3.30. The van der Waals surface area contributed by atoms with Crippen LogP contribution in [0.15, 0.2) is 24.3 Å². The average Bonchev–Trinajstić information content (AvgIpc) is 2.91. The number of nitrogens with zero attached hydrogens (tertiary/aromatic N) is 1. The minimum atomic E-state index is 0.0142. The van der Waals surface area contributed by atoms with Crippen molar-refractivity contribution in [2.75, 3.05) is 29.9 Å². The minimum Gasteiger partial charge on any atom is -0.370 e. The third-order valence-electron chi connectivity index (χ3n) is 3.30.